The van der Waals surface area contributed by atoms with Crippen molar-refractivity contribution in [2.45, 2.75) is 46.5 Å². The fourth-order valence-electron chi connectivity index (χ4n) is 1.49. The third-order valence-electron chi connectivity index (χ3n) is 1.96. The molecule has 0 saturated carbocycles. The van der Waals surface area contributed by atoms with Crippen LogP contribution in [0.3, 0.4) is 0 Å². The molecule has 0 heterocycles. The third-order valence-corrected chi connectivity index (χ3v) is 1.96. The van der Waals surface area contributed by atoms with E-state index in [1.165, 1.54) is 0 Å². The Balaban J connectivity index is 4.08. The molecule has 0 fully saturated rings. The van der Waals surface area contributed by atoms with E-state index in [1.54, 1.807) is 0 Å². The first kappa shape index (κ1) is 10.4. The van der Waals surface area contributed by atoms with Crippen molar-refractivity contribution in [3.8, 4) is 12.0 Å². The molecule has 11 heavy (non-hydrogen) atoms. The Bertz CT molecular complexity index is 144. The summed E-state index contributed by atoms with van der Waals surface area (Å²) >= 11 is 0. The van der Waals surface area contributed by atoms with Gasteiger partial charge in [0.25, 0.3) is 0 Å². The number of rotatable bonds is 4. The summed E-state index contributed by atoms with van der Waals surface area (Å²) in [5.74, 6) is 2.87. The van der Waals surface area contributed by atoms with Gasteiger partial charge in [-0.2, -0.15) is 0 Å². The van der Waals surface area contributed by atoms with Crippen molar-refractivity contribution in [1.29, 1.82) is 0 Å². The first-order valence-electron chi connectivity index (χ1n) is 4.34. The van der Waals surface area contributed by atoms with Crippen molar-refractivity contribution in [3.05, 3.63) is 0 Å². The monoisotopic (exact) mass is 154 g/mol. The van der Waals surface area contributed by atoms with Crippen LogP contribution in [-0.4, -0.2) is 5.11 Å². The van der Waals surface area contributed by atoms with E-state index in [1.807, 2.05) is 6.11 Å². The van der Waals surface area contributed by atoms with Gasteiger partial charge < -0.3 is 5.11 Å². The molecule has 1 nitrogen and oxygen atoms in total. The van der Waals surface area contributed by atoms with Crippen LogP contribution in [0.25, 0.3) is 0 Å². The molecule has 0 atom stereocenters. The van der Waals surface area contributed by atoms with Crippen molar-refractivity contribution >= 4 is 0 Å². The summed E-state index contributed by atoms with van der Waals surface area (Å²) < 4.78 is 0. The molecule has 0 bridgehead atoms. The Kier molecular flexibility index (Phi) is 4.77. The smallest absolute Gasteiger partial charge is 0.108 e. The Morgan fingerprint density at radius 3 is 1.91 bits per heavy atom. The van der Waals surface area contributed by atoms with E-state index in [0.29, 0.717) is 0 Å². The second-order valence-electron chi connectivity index (χ2n) is 3.30. The Morgan fingerprint density at radius 2 is 1.64 bits per heavy atom. The van der Waals surface area contributed by atoms with Gasteiger partial charge in [0, 0.05) is 5.41 Å². The number of aliphatic hydroxyl groups is 1. The van der Waals surface area contributed by atoms with E-state index in [0.717, 1.165) is 25.7 Å². The molecule has 0 spiro atoms. The van der Waals surface area contributed by atoms with Crippen LogP contribution in [-0.2, 0) is 0 Å². The van der Waals surface area contributed by atoms with E-state index in [4.69, 9.17) is 5.11 Å². The topological polar surface area (TPSA) is 20.2 Å². The minimum atomic E-state index is 0.0399. The lowest BCUT2D eigenvalue weighted by Gasteiger charge is -2.21. The third kappa shape index (κ3) is 3.93. The first-order chi connectivity index (χ1) is 5.18. The lowest BCUT2D eigenvalue weighted by Crippen LogP contribution is -2.12. The molecular weight excluding hydrogens is 136 g/mol. The van der Waals surface area contributed by atoms with Gasteiger partial charge in [-0.25, -0.2) is 0 Å². The van der Waals surface area contributed by atoms with E-state index in [9.17, 15) is 0 Å². The lowest BCUT2D eigenvalue weighted by atomic mass is 9.82. The summed E-state index contributed by atoms with van der Waals surface area (Å²) in [5, 5.41) is 8.49. The number of aliphatic hydroxyl groups excluding tert-OH is 1. The number of hydrogen-bond donors (Lipinski definition) is 1. The highest BCUT2D eigenvalue weighted by molar-refractivity contribution is 5.05. The molecule has 1 N–H and O–H groups in total. The van der Waals surface area contributed by atoms with Gasteiger partial charge in [0.2, 0.25) is 0 Å². The van der Waals surface area contributed by atoms with Crippen LogP contribution < -0.4 is 0 Å². The van der Waals surface area contributed by atoms with Crippen LogP contribution in [0.5, 0.6) is 0 Å². The zero-order valence-electron chi connectivity index (χ0n) is 7.78. The summed E-state index contributed by atoms with van der Waals surface area (Å²) in [5.41, 5.74) is 0.0399. The van der Waals surface area contributed by atoms with E-state index in [2.05, 4.69) is 26.7 Å². The highest BCUT2D eigenvalue weighted by atomic mass is 16.2. The Hall–Kier alpha value is -0.640. The molecule has 0 radical (unpaired) electrons. The maximum absolute atomic E-state index is 8.49. The molecule has 0 amide bonds. The van der Waals surface area contributed by atoms with Crippen LogP contribution in [0, 0.1) is 17.4 Å². The van der Waals surface area contributed by atoms with Gasteiger partial charge in [0.05, 0.1) is 0 Å². The van der Waals surface area contributed by atoms with Crippen molar-refractivity contribution in [2.24, 2.45) is 5.41 Å². The van der Waals surface area contributed by atoms with E-state index in [-0.39, 0.29) is 5.41 Å². The molecule has 0 aromatic heterocycles. The van der Waals surface area contributed by atoms with Gasteiger partial charge in [0.15, 0.2) is 0 Å². The molecule has 0 aliphatic heterocycles. The summed E-state index contributed by atoms with van der Waals surface area (Å²) in [6.07, 6.45) is 6.44. The SMILES string of the molecule is CCCC(C)(C#CO)CCC. The van der Waals surface area contributed by atoms with Gasteiger partial charge >= 0.3 is 0 Å². The van der Waals surface area contributed by atoms with E-state index < -0.39 is 0 Å². The minimum Gasteiger partial charge on any atom is -0.462 e. The molecule has 0 aromatic carbocycles. The first-order valence-corrected chi connectivity index (χ1v) is 4.34. The van der Waals surface area contributed by atoms with Crippen molar-refractivity contribution in [1.82, 2.24) is 0 Å². The van der Waals surface area contributed by atoms with Crippen LogP contribution in [0.15, 0.2) is 0 Å². The van der Waals surface area contributed by atoms with Crippen LogP contribution in [0.2, 0.25) is 0 Å². The van der Waals surface area contributed by atoms with Gasteiger partial charge in [0.1, 0.15) is 6.11 Å². The van der Waals surface area contributed by atoms with Crippen LogP contribution in [0.1, 0.15) is 46.5 Å². The normalized spacial score (nSPS) is 10.5. The molecule has 0 unspecified atom stereocenters. The minimum absolute atomic E-state index is 0.0399. The number of hydrogen-bond acceptors (Lipinski definition) is 1. The fraction of sp³-hybridized carbons (Fsp3) is 0.800. The molecule has 0 aliphatic carbocycles. The lowest BCUT2D eigenvalue weighted by molar-refractivity contribution is 0.365. The largest absolute Gasteiger partial charge is 0.462 e. The zero-order chi connectivity index (χ0) is 8.74. The molecule has 1 heteroatoms. The molecular formula is C10H18O. The average molecular weight is 154 g/mol. The maximum Gasteiger partial charge on any atom is 0.108 e. The molecule has 0 saturated heterocycles. The molecule has 0 aliphatic rings. The molecule has 64 valence electrons. The quantitative estimate of drug-likeness (QED) is 0.617. The summed E-state index contributed by atoms with van der Waals surface area (Å²) in [4.78, 5) is 0. The van der Waals surface area contributed by atoms with Crippen molar-refractivity contribution < 1.29 is 5.11 Å². The maximum atomic E-state index is 8.49. The summed E-state index contributed by atoms with van der Waals surface area (Å²) in [6, 6.07) is 0. The fourth-order valence-corrected chi connectivity index (χ4v) is 1.49. The predicted molar refractivity (Wildman–Crippen MR) is 47.6 cm³/mol. The summed E-state index contributed by atoms with van der Waals surface area (Å²) in [6.45, 7) is 6.41. The zero-order valence-corrected chi connectivity index (χ0v) is 7.78. The van der Waals surface area contributed by atoms with Crippen LogP contribution in [0.4, 0.5) is 0 Å². The van der Waals surface area contributed by atoms with Gasteiger partial charge in [-0.05, 0) is 19.8 Å². The van der Waals surface area contributed by atoms with Crippen LogP contribution >= 0.6 is 0 Å². The Morgan fingerprint density at radius 1 is 1.18 bits per heavy atom. The molecule has 0 aromatic rings. The highest BCUT2D eigenvalue weighted by Gasteiger charge is 2.18. The standard InChI is InChI=1S/C10H18O/c1-4-6-10(3,7-5-2)8-9-11/h11H,4-7H2,1-3H3. The van der Waals surface area contributed by atoms with Crippen molar-refractivity contribution in [3.63, 3.8) is 0 Å². The van der Waals surface area contributed by atoms with Gasteiger partial charge in [-0.3, -0.25) is 0 Å². The molecule has 0 rings (SSSR count). The summed E-state index contributed by atoms with van der Waals surface area (Å²) in [7, 11) is 0. The second-order valence-corrected chi connectivity index (χ2v) is 3.30. The second kappa shape index (κ2) is 5.07. The Labute approximate surface area is 69.8 Å². The van der Waals surface area contributed by atoms with Gasteiger partial charge in [-0.1, -0.05) is 32.6 Å². The average Bonchev–Trinajstić information content (AvgIpc) is 1.88. The van der Waals surface area contributed by atoms with E-state index >= 15 is 0 Å². The van der Waals surface area contributed by atoms with Gasteiger partial charge in [-0.15, -0.1) is 0 Å². The predicted octanol–water partition coefficient (Wildman–Crippen LogP) is 2.93. The highest BCUT2D eigenvalue weighted by Crippen LogP contribution is 2.27. The van der Waals surface area contributed by atoms with Crippen molar-refractivity contribution in [2.75, 3.05) is 0 Å².